The molecule has 4 rings (SSSR count). The first-order valence-electron chi connectivity index (χ1n) is 9.03. The van der Waals surface area contributed by atoms with E-state index < -0.39 is 0 Å². The van der Waals surface area contributed by atoms with Gasteiger partial charge < -0.3 is 14.4 Å². The number of carbonyl (C=O) groups excluding carboxylic acids is 1. The van der Waals surface area contributed by atoms with E-state index in [0.29, 0.717) is 6.54 Å². The minimum Gasteiger partial charge on any atom is -0.345 e. The predicted molar refractivity (Wildman–Crippen MR) is 102 cm³/mol. The summed E-state index contributed by atoms with van der Waals surface area (Å²) in [6.45, 7) is 8.18. The molecule has 2 aliphatic heterocycles. The second-order valence-corrected chi connectivity index (χ2v) is 7.18. The first-order valence-corrected chi connectivity index (χ1v) is 9.83. The minimum absolute atomic E-state index is 0.207. The number of nitrogens with zero attached hydrogens (tertiary/aromatic N) is 3. The van der Waals surface area contributed by atoms with E-state index in [1.807, 2.05) is 23.6 Å². The lowest BCUT2D eigenvalue weighted by molar-refractivity contribution is 0.140. The highest BCUT2D eigenvalue weighted by molar-refractivity contribution is 9.10. The highest BCUT2D eigenvalue weighted by Gasteiger charge is 2.25. The molecule has 5 heteroatoms. The van der Waals surface area contributed by atoms with Crippen LogP contribution >= 0.6 is 15.9 Å². The largest absolute Gasteiger partial charge is 0.345 e. The van der Waals surface area contributed by atoms with E-state index in [0.717, 1.165) is 43.5 Å². The SMILES string of the molecule is CC.O=C(N1CCCCC1)N1CCn2ccc3cc(Br)cc(c32)C1. The molecule has 0 saturated carbocycles. The average molecular weight is 392 g/mol. The summed E-state index contributed by atoms with van der Waals surface area (Å²) in [5.74, 6) is 0. The zero-order chi connectivity index (χ0) is 17.1. The van der Waals surface area contributed by atoms with Gasteiger partial charge in [0, 0.05) is 48.8 Å². The van der Waals surface area contributed by atoms with E-state index in [9.17, 15) is 4.79 Å². The van der Waals surface area contributed by atoms with Crippen LogP contribution in [-0.2, 0) is 13.1 Å². The van der Waals surface area contributed by atoms with Crippen molar-refractivity contribution in [3.05, 3.63) is 34.4 Å². The standard InChI is InChI=1S/C17H20BrN3O.C2H6/c18-15-10-13-4-7-19-8-9-21(12-14(11-15)16(13)19)17(22)20-5-2-1-3-6-20;1-2/h4,7,10-11H,1-3,5-6,8-9,12H2;1-2H3. The van der Waals surface area contributed by atoms with E-state index in [1.54, 1.807) is 0 Å². The molecular weight excluding hydrogens is 366 g/mol. The van der Waals surface area contributed by atoms with Crippen molar-refractivity contribution in [2.75, 3.05) is 19.6 Å². The molecule has 0 aliphatic carbocycles. The van der Waals surface area contributed by atoms with Crippen molar-refractivity contribution in [1.82, 2.24) is 14.4 Å². The number of carbonyl (C=O) groups is 1. The second-order valence-electron chi connectivity index (χ2n) is 6.26. The Morgan fingerprint density at radius 2 is 1.75 bits per heavy atom. The summed E-state index contributed by atoms with van der Waals surface area (Å²) in [6.07, 6.45) is 5.67. The third-order valence-corrected chi connectivity index (χ3v) is 5.23. The van der Waals surface area contributed by atoms with Gasteiger partial charge in [0.2, 0.25) is 0 Å². The van der Waals surface area contributed by atoms with Gasteiger partial charge in [0.25, 0.3) is 0 Å². The lowest BCUT2D eigenvalue weighted by Gasteiger charge is -2.32. The summed E-state index contributed by atoms with van der Waals surface area (Å²) >= 11 is 3.59. The van der Waals surface area contributed by atoms with Crippen LogP contribution < -0.4 is 0 Å². The monoisotopic (exact) mass is 391 g/mol. The Labute approximate surface area is 152 Å². The van der Waals surface area contributed by atoms with Crippen LogP contribution in [0, 0.1) is 0 Å². The van der Waals surface area contributed by atoms with Crippen LogP contribution in [0.2, 0.25) is 0 Å². The van der Waals surface area contributed by atoms with Gasteiger partial charge in [0.1, 0.15) is 0 Å². The number of halogens is 1. The van der Waals surface area contributed by atoms with E-state index in [1.165, 1.54) is 22.9 Å². The molecule has 1 saturated heterocycles. The van der Waals surface area contributed by atoms with Gasteiger partial charge in [-0.15, -0.1) is 0 Å². The molecule has 3 heterocycles. The Bertz CT molecular complexity index is 719. The molecule has 1 fully saturated rings. The third-order valence-electron chi connectivity index (χ3n) is 4.77. The molecule has 0 unspecified atom stereocenters. The molecule has 2 aromatic rings. The van der Waals surface area contributed by atoms with E-state index in [2.05, 4.69) is 44.9 Å². The number of hydrogen-bond acceptors (Lipinski definition) is 1. The molecule has 2 amide bonds. The summed E-state index contributed by atoms with van der Waals surface area (Å²) in [5.41, 5.74) is 2.51. The summed E-state index contributed by atoms with van der Waals surface area (Å²) in [6, 6.07) is 6.67. The van der Waals surface area contributed by atoms with Gasteiger partial charge in [-0.1, -0.05) is 29.8 Å². The molecule has 2 aliphatic rings. The van der Waals surface area contributed by atoms with Crippen molar-refractivity contribution in [2.24, 2.45) is 0 Å². The maximum atomic E-state index is 12.8. The van der Waals surface area contributed by atoms with Crippen LogP contribution in [0.1, 0.15) is 38.7 Å². The molecule has 0 bridgehead atoms. The minimum atomic E-state index is 0.207. The van der Waals surface area contributed by atoms with Gasteiger partial charge in [0.05, 0.1) is 5.52 Å². The Hall–Kier alpha value is -1.49. The Balaban J connectivity index is 0.000000815. The average Bonchev–Trinajstić information content (AvgIpc) is 2.93. The smallest absolute Gasteiger partial charge is 0.320 e. The normalized spacial score (nSPS) is 17.3. The molecule has 0 N–H and O–H groups in total. The van der Waals surface area contributed by atoms with E-state index in [-0.39, 0.29) is 6.03 Å². The number of benzene rings is 1. The Morgan fingerprint density at radius 1 is 1.00 bits per heavy atom. The quantitative estimate of drug-likeness (QED) is 0.630. The fourth-order valence-corrected chi connectivity index (χ4v) is 4.19. The highest BCUT2D eigenvalue weighted by Crippen LogP contribution is 2.29. The van der Waals surface area contributed by atoms with Crippen LogP contribution in [-0.4, -0.2) is 40.0 Å². The van der Waals surface area contributed by atoms with Crippen LogP contribution in [0.15, 0.2) is 28.9 Å². The zero-order valence-electron chi connectivity index (χ0n) is 14.6. The van der Waals surface area contributed by atoms with Crippen LogP contribution in [0.3, 0.4) is 0 Å². The molecule has 0 atom stereocenters. The van der Waals surface area contributed by atoms with Gasteiger partial charge in [-0.3, -0.25) is 0 Å². The molecule has 4 nitrogen and oxygen atoms in total. The Morgan fingerprint density at radius 3 is 2.50 bits per heavy atom. The summed E-state index contributed by atoms with van der Waals surface area (Å²) in [7, 11) is 0. The lowest BCUT2D eigenvalue weighted by atomic mass is 10.1. The zero-order valence-corrected chi connectivity index (χ0v) is 16.2. The van der Waals surface area contributed by atoms with E-state index >= 15 is 0 Å². The van der Waals surface area contributed by atoms with E-state index in [4.69, 9.17) is 0 Å². The van der Waals surface area contributed by atoms with Gasteiger partial charge in [-0.25, -0.2) is 4.79 Å². The Kier molecular flexibility index (Phi) is 5.49. The fraction of sp³-hybridized carbons (Fsp3) is 0.526. The molecule has 130 valence electrons. The maximum Gasteiger partial charge on any atom is 0.320 e. The lowest BCUT2D eigenvalue weighted by Crippen LogP contribution is -2.45. The number of rotatable bonds is 0. The summed E-state index contributed by atoms with van der Waals surface area (Å²) < 4.78 is 3.36. The van der Waals surface area contributed by atoms with Crippen LogP contribution in [0.25, 0.3) is 10.9 Å². The molecule has 0 radical (unpaired) electrons. The first kappa shape index (κ1) is 17.3. The fourth-order valence-electron chi connectivity index (χ4n) is 3.67. The van der Waals surface area contributed by atoms with Crippen molar-refractivity contribution in [1.29, 1.82) is 0 Å². The predicted octanol–water partition coefficient (Wildman–Crippen LogP) is 4.85. The molecule has 0 spiro atoms. The number of piperidine rings is 1. The second kappa shape index (κ2) is 7.60. The number of hydrogen-bond donors (Lipinski definition) is 0. The van der Waals surface area contributed by atoms with Gasteiger partial charge >= 0.3 is 6.03 Å². The third kappa shape index (κ3) is 3.32. The summed E-state index contributed by atoms with van der Waals surface area (Å²) in [5, 5.41) is 1.25. The van der Waals surface area contributed by atoms with Crippen molar-refractivity contribution in [3.8, 4) is 0 Å². The number of aromatic nitrogens is 1. The molecular formula is C19H26BrN3O. The van der Waals surface area contributed by atoms with Crippen molar-refractivity contribution in [2.45, 2.75) is 46.2 Å². The van der Waals surface area contributed by atoms with Crippen molar-refractivity contribution < 1.29 is 4.79 Å². The van der Waals surface area contributed by atoms with Crippen molar-refractivity contribution >= 4 is 32.9 Å². The highest BCUT2D eigenvalue weighted by atomic mass is 79.9. The number of amides is 2. The van der Waals surface area contributed by atoms with Crippen molar-refractivity contribution in [3.63, 3.8) is 0 Å². The van der Waals surface area contributed by atoms with Gasteiger partial charge in [0.15, 0.2) is 0 Å². The maximum absolute atomic E-state index is 12.8. The molecule has 24 heavy (non-hydrogen) atoms. The first-order chi connectivity index (χ1) is 11.7. The van der Waals surface area contributed by atoms with Gasteiger partial charge in [-0.2, -0.15) is 0 Å². The topological polar surface area (TPSA) is 28.5 Å². The molecule has 1 aromatic heterocycles. The number of urea groups is 1. The summed E-state index contributed by atoms with van der Waals surface area (Å²) in [4.78, 5) is 16.9. The van der Waals surface area contributed by atoms with Crippen LogP contribution in [0.5, 0.6) is 0 Å². The number of likely N-dealkylation sites (tertiary alicyclic amines) is 1. The van der Waals surface area contributed by atoms with Crippen LogP contribution in [0.4, 0.5) is 4.79 Å². The van der Waals surface area contributed by atoms with Gasteiger partial charge in [-0.05, 0) is 43.0 Å². The molecule has 1 aromatic carbocycles.